The Kier molecular flexibility index (Phi) is 4.59. The van der Waals surface area contributed by atoms with Crippen molar-refractivity contribution in [2.24, 2.45) is 5.92 Å². The van der Waals surface area contributed by atoms with Gasteiger partial charge in [0.1, 0.15) is 12.6 Å². The predicted molar refractivity (Wildman–Crippen MR) is 77.0 cm³/mol. The lowest BCUT2D eigenvalue weighted by Gasteiger charge is -2.26. The molecule has 3 unspecified atom stereocenters. The van der Waals surface area contributed by atoms with Gasteiger partial charge in [-0.3, -0.25) is 10.2 Å². The van der Waals surface area contributed by atoms with E-state index in [1.54, 1.807) is 0 Å². The summed E-state index contributed by atoms with van der Waals surface area (Å²) in [4.78, 5) is 12.2. The maximum atomic E-state index is 12.7. The number of benzene rings is 1. The quantitative estimate of drug-likeness (QED) is 0.838. The zero-order chi connectivity index (χ0) is 16.4. The van der Waals surface area contributed by atoms with Crippen LogP contribution in [0, 0.1) is 5.92 Å². The molecule has 2 aliphatic rings. The van der Waals surface area contributed by atoms with Crippen LogP contribution in [0.1, 0.15) is 36.8 Å². The molecule has 1 aromatic carbocycles. The van der Waals surface area contributed by atoms with Gasteiger partial charge in [-0.25, -0.2) is 5.43 Å². The lowest BCUT2D eigenvalue weighted by Crippen LogP contribution is -2.39. The van der Waals surface area contributed by atoms with Gasteiger partial charge in [-0.05, 0) is 30.5 Å². The Morgan fingerprint density at radius 2 is 2.00 bits per heavy atom. The van der Waals surface area contributed by atoms with Crippen LogP contribution < -0.4 is 10.9 Å². The fourth-order valence-corrected chi connectivity index (χ4v) is 3.36. The van der Waals surface area contributed by atoms with Crippen LogP contribution in [0.4, 0.5) is 13.2 Å². The van der Waals surface area contributed by atoms with Crippen molar-refractivity contribution in [2.45, 2.75) is 50.6 Å². The van der Waals surface area contributed by atoms with E-state index in [1.165, 1.54) is 12.1 Å². The minimum Gasteiger partial charge on any atom is -0.460 e. The number of hydrogen-bond acceptors (Lipinski definition) is 4. The largest absolute Gasteiger partial charge is 0.460 e. The minimum atomic E-state index is -4.40. The molecule has 126 valence electrons. The lowest BCUT2D eigenvalue weighted by atomic mass is 9.82. The van der Waals surface area contributed by atoms with Gasteiger partial charge in [0.15, 0.2) is 0 Å². The first-order valence-electron chi connectivity index (χ1n) is 7.79. The first-order valence-corrected chi connectivity index (χ1v) is 7.79. The van der Waals surface area contributed by atoms with Crippen molar-refractivity contribution < 1.29 is 22.7 Å². The van der Waals surface area contributed by atoms with E-state index in [-0.39, 0.29) is 18.6 Å². The normalized spacial score (nSPS) is 27.5. The number of hydrazine groups is 1. The highest BCUT2D eigenvalue weighted by atomic mass is 19.4. The van der Waals surface area contributed by atoms with E-state index >= 15 is 0 Å². The maximum Gasteiger partial charge on any atom is 0.416 e. The highest BCUT2D eigenvalue weighted by Crippen LogP contribution is 2.31. The van der Waals surface area contributed by atoms with Crippen molar-refractivity contribution in [1.29, 1.82) is 0 Å². The molecular formula is C16H19F3N2O2. The van der Waals surface area contributed by atoms with Gasteiger partial charge in [0, 0.05) is 12.0 Å². The minimum absolute atomic E-state index is 0.154. The topological polar surface area (TPSA) is 50.4 Å². The lowest BCUT2D eigenvalue weighted by molar-refractivity contribution is -0.148. The summed E-state index contributed by atoms with van der Waals surface area (Å²) in [5.41, 5.74) is 5.68. The van der Waals surface area contributed by atoms with Crippen molar-refractivity contribution in [3.8, 4) is 0 Å². The molecule has 0 spiro atoms. The number of carbonyl (C=O) groups is 1. The molecule has 7 heteroatoms. The first kappa shape index (κ1) is 16.3. The summed E-state index contributed by atoms with van der Waals surface area (Å²) < 4.78 is 43.2. The number of alkyl halides is 3. The fraction of sp³-hybridized carbons (Fsp3) is 0.562. The summed E-state index contributed by atoms with van der Waals surface area (Å²) in [6.45, 7) is -0.154. The maximum absolute atomic E-state index is 12.7. The van der Waals surface area contributed by atoms with Crippen LogP contribution in [0.25, 0.3) is 0 Å². The molecule has 1 aliphatic heterocycles. The van der Waals surface area contributed by atoms with Gasteiger partial charge in [-0.1, -0.05) is 25.0 Å². The molecular weight excluding hydrogens is 309 g/mol. The van der Waals surface area contributed by atoms with Crippen molar-refractivity contribution in [1.82, 2.24) is 10.9 Å². The second-order valence-electron chi connectivity index (χ2n) is 6.13. The summed E-state index contributed by atoms with van der Waals surface area (Å²) in [7, 11) is 0. The standard InChI is InChI=1S/C16H19F3N2O2/c17-16(18,19)11-5-3-4-10(8-11)9-23-15(22)14-12-6-1-2-7-13(12)20-21-14/h3-5,8,12-14,20-21H,1-2,6-7,9H2. The molecule has 4 nitrogen and oxygen atoms in total. The third kappa shape index (κ3) is 3.67. The second kappa shape index (κ2) is 6.49. The second-order valence-corrected chi connectivity index (χ2v) is 6.13. The molecule has 1 aliphatic carbocycles. The number of fused-ring (bicyclic) bond motifs is 1. The first-order chi connectivity index (χ1) is 10.9. The molecule has 0 amide bonds. The Morgan fingerprint density at radius 3 is 2.78 bits per heavy atom. The number of nitrogens with one attached hydrogen (secondary N) is 2. The molecule has 0 radical (unpaired) electrons. The van der Waals surface area contributed by atoms with Gasteiger partial charge in [-0.15, -0.1) is 0 Å². The fourth-order valence-electron chi connectivity index (χ4n) is 3.36. The third-order valence-electron chi connectivity index (χ3n) is 4.56. The van der Waals surface area contributed by atoms with Gasteiger partial charge >= 0.3 is 12.1 Å². The SMILES string of the molecule is O=C(OCc1cccc(C(F)(F)F)c1)C1NNC2CCCCC21. The molecule has 1 aromatic rings. The average molecular weight is 328 g/mol. The van der Waals surface area contributed by atoms with E-state index in [0.29, 0.717) is 5.56 Å². The smallest absolute Gasteiger partial charge is 0.416 e. The number of rotatable bonds is 3. The highest BCUT2D eigenvalue weighted by molar-refractivity contribution is 5.76. The van der Waals surface area contributed by atoms with E-state index in [1.807, 2.05) is 0 Å². The number of esters is 1. The van der Waals surface area contributed by atoms with E-state index in [0.717, 1.165) is 37.8 Å². The number of ether oxygens (including phenoxy) is 1. The van der Waals surface area contributed by atoms with E-state index in [9.17, 15) is 18.0 Å². The molecule has 23 heavy (non-hydrogen) atoms. The molecule has 1 heterocycles. The molecule has 1 saturated heterocycles. The Balaban J connectivity index is 1.59. The Hall–Kier alpha value is -1.60. The van der Waals surface area contributed by atoms with Crippen LogP contribution >= 0.6 is 0 Å². The van der Waals surface area contributed by atoms with Gasteiger partial charge < -0.3 is 4.74 Å². The number of carbonyl (C=O) groups excluding carboxylic acids is 1. The summed E-state index contributed by atoms with van der Waals surface area (Å²) in [6, 6.07) is 4.70. The molecule has 2 N–H and O–H groups in total. The van der Waals surface area contributed by atoms with Crippen LogP contribution in [0.2, 0.25) is 0 Å². The molecule has 0 aromatic heterocycles. The van der Waals surface area contributed by atoms with E-state index < -0.39 is 23.8 Å². The van der Waals surface area contributed by atoms with Crippen LogP contribution in [0.3, 0.4) is 0 Å². The summed E-state index contributed by atoms with van der Waals surface area (Å²) in [6.07, 6.45) is -0.195. The molecule has 2 fully saturated rings. The summed E-state index contributed by atoms with van der Waals surface area (Å²) >= 11 is 0. The number of hydrogen-bond donors (Lipinski definition) is 2. The molecule has 0 bridgehead atoms. The Labute approximate surface area is 132 Å². The van der Waals surface area contributed by atoms with E-state index in [4.69, 9.17) is 4.74 Å². The summed E-state index contributed by atoms with van der Waals surface area (Å²) in [5.74, 6) is -0.220. The third-order valence-corrected chi connectivity index (χ3v) is 4.56. The zero-order valence-electron chi connectivity index (χ0n) is 12.5. The number of halogens is 3. The Bertz CT molecular complexity index is 577. The van der Waals surface area contributed by atoms with Gasteiger partial charge in [0.05, 0.1) is 5.56 Å². The van der Waals surface area contributed by atoms with Crippen molar-refractivity contribution in [3.05, 3.63) is 35.4 Å². The van der Waals surface area contributed by atoms with Crippen LogP contribution in [0.5, 0.6) is 0 Å². The van der Waals surface area contributed by atoms with Gasteiger partial charge in [-0.2, -0.15) is 13.2 Å². The van der Waals surface area contributed by atoms with Crippen LogP contribution in [-0.2, 0) is 22.3 Å². The zero-order valence-corrected chi connectivity index (χ0v) is 12.5. The highest BCUT2D eigenvalue weighted by Gasteiger charge is 2.41. The molecule has 3 rings (SSSR count). The van der Waals surface area contributed by atoms with Crippen molar-refractivity contribution in [2.75, 3.05) is 0 Å². The average Bonchev–Trinajstić information content (AvgIpc) is 2.96. The molecule has 3 atom stereocenters. The van der Waals surface area contributed by atoms with Crippen molar-refractivity contribution >= 4 is 5.97 Å². The van der Waals surface area contributed by atoms with Gasteiger partial charge in [0.25, 0.3) is 0 Å². The predicted octanol–water partition coefficient (Wildman–Crippen LogP) is 2.78. The van der Waals surface area contributed by atoms with Crippen LogP contribution in [-0.4, -0.2) is 18.1 Å². The summed E-state index contributed by atoms with van der Waals surface area (Å²) in [5, 5.41) is 0. The van der Waals surface area contributed by atoms with Gasteiger partial charge in [0.2, 0.25) is 0 Å². The van der Waals surface area contributed by atoms with Crippen molar-refractivity contribution in [3.63, 3.8) is 0 Å². The monoisotopic (exact) mass is 328 g/mol. The Morgan fingerprint density at radius 1 is 1.22 bits per heavy atom. The van der Waals surface area contributed by atoms with Crippen LogP contribution in [0.15, 0.2) is 24.3 Å². The van der Waals surface area contributed by atoms with E-state index in [2.05, 4.69) is 10.9 Å². The molecule has 1 saturated carbocycles.